The van der Waals surface area contributed by atoms with Crippen molar-refractivity contribution in [2.75, 3.05) is 7.11 Å². The summed E-state index contributed by atoms with van der Waals surface area (Å²) < 4.78 is 4.62. The van der Waals surface area contributed by atoms with E-state index in [0.29, 0.717) is 6.42 Å². The van der Waals surface area contributed by atoms with E-state index in [0.717, 1.165) is 0 Å². The summed E-state index contributed by atoms with van der Waals surface area (Å²) in [6.07, 6.45) is 0.156. The molecule has 0 radical (unpaired) electrons. The highest BCUT2D eigenvalue weighted by molar-refractivity contribution is 5.86. The molecule has 78 valence electrons. The smallest absolute Gasteiger partial charge is 0.328 e. The van der Waals surface area contributed by atoms with Crippen LogP contribution >= 0.6 is 0 Å². The Morgan fingerprint density at radius 2 is 2.14 bits per heavy atom. The van der Waals surface area contributed by atoms with Crippen LogP contribution in [0.2, 0.25) is 0 Å². The van der Waals surface area contributed by atoms with Crippen LogP contribution in [0.25, 0.3) is 0 Å². The van der Waals surface area contributed by atoms with Gasteiger partial charge in [0.2, 0.25) is 5.91 Å². The van der Waals surface area contributed by atoms with Crippen molar-refractivity contribution in [2.45, 2.75) is 31.5 Å². The third-order valence-electron chi connectivity index (χ3n) is 3.22. The van der Waals surface area contributed by atoms with Gasteiger partial charge in [0.25, 0.3) is 0 Å². The third kappa shape index (κ3) is 0.987. The van der Waals surface area contributed by atoms with E-state index < -0.39 is 18.1 Å². The van der Waals surface area contributed by atoms with Crippen LogP contribution in [0.4, 0.5) is 0 Å². The van der Waals surface area contributed by atoms with Crippen LogP contribution in [0.3, 0.4) is 0 Å². The summed E-state index contributed by atoms with van der Waals surface area (Å²) in [5.41, 5.74) is 0. The van der Waals surface area contributed by atoms with Gasteiger partial charge >= 0.3 is 5.97 Å². The summed E-state index contributed by atoms with van der Waals surface area (Å²) >= 11 is 0. The first-order chi connectivity index (χ1) is 6.57. The first kappa shape index (κ1) is 9.45. The van der Waals surface area contributed by atoms with Crippen molar-refractivity contribution < 1.29 is 19.4 Å². The Bertz CT molecular complexity index is 291. The van der Waals surface area contributed by atoms with Crippen molar-refractivity contribution in [2.24, 2.45) is 5.92 Å². The summed E-state index contributed by atoms with van der Waals surface area (Å²) in [7, 11) is 1.29. The zero-order valence-corrected chi connectivity index (χ0v) is 8.14. The minimum atomic E-state index is -0.572. The molecule has 2 aliphatic heterocycles. The van der Waals surface area contributed by atoms with Crippen molar-refractivity contribution in [3.05, 3.63) is 0 Å². The van der Waals surface area contributed by atoms with Gasteiger partial charge in [-0.3, -0.25) is 4.79 Å². The summed E-state index contributed by atoms with van der Waals surface area (Å²) in [5.74, 6) is -0.731. The molecular formula is C9H13NO4. The molecule has 0 aromatic rings. The van der Waals surface area contributed by atoms with Crippen molar-refractivity contribution in [1.82, 2.24) is 4.90 Å². The fourth-order valence-electron chi connectivity index (χ4n) is 2.49. The van der Waals surface area contributed by atoms with Gasteiger partial charge in [-0.1, -0.05) is 0 Å². The van der Waals surface area contributed by atoms with Crippen LogP contribution in [0.5, 0.6) is 0 Å². The lowest BCUT2D eigenvalue weighted by Gasteiger charge is -2.31. The molecule has 14 heavy (non-hydrogen) atoms. The monoisotopic (exact) mass is 199 g/mol. The normalized spacial score (nSPS) is 39.2. The van der Waals surface area contributed by atoms with E-state index in [4.69, 9.17) is 0 Å². The van der Waals surface area contributed by atoms with Crippen LogP contribution in [0.15, 0.2) is 0 Å². The summed E-state index contributed by atoms with van der Waals surface area (Å²) in [6.45, 7) is 1.41. The van der Waals surface area contributed by atoms with Crippen molar-refractivity contribution in [3.8, 4) is 0 Å². The van der Waals surface area contributed by atoms with E-state index in [1.807, 2.05) is 0 Å². The standard InChI is InChI=1S/C9H13NO4/c1-4(11)10-6-3-5(8(6)12)7(10)9(13)14-2/h5-8,12H,3H2,1-2H3/t5-,6-,7-,8-/m0/s1. The molecule has 2 saturated heterocycles. The topological polar surface area (TPSA) is 66.8 Å². The number of carbonyl (C=O) groups excluding carboxylic acids is 2. The highest BCUT2D eigenvalue weighted by atomic mass is 16.5. The van der Waals surface area contributed by atoms with E-state index >= 15 is 0 Å². The second kappa shape index (κ2) is 2.95. The molecule has 0 aromatic carbocycles. The predicted molar refractivity (Wildman–Crippen MR) is 46.2 cm³/mol. The summed E-state index contributed by atoms with van der Waals surface area (Å²) in [4.78, 5) is 24.1. The first-order valence-corrected chi connectivity index (χ1v) is 4.62. The van der Waals surface area contributed by atoms with Gasteiger partial charge in [0, 0.05) is 12.8 Å². The second-order valence-electron chi connectivity index (χ2n) is 3.85. The SMILES string of the molecule is COC(=O)[C@@H]1[C@@H]2C[C@@H]([C@H]2O)N1C(C)=O. The fraction of sp³-hybridized carbons (Fsp3) is 0.778. The number of carbonyl (C=O) groups is 2. The predicted octanol–water partition coefficient (Wildman–Crippen LogP) is -0.861. The van der Waals surface area contributed by atoms with Gasteiger partial charge < -0.3 is 14.7 Å². The molecule has 3 fully saturated rings. The zero-order chi connectivity index (χ0) is 10.5. The lowest BCUT2D eigenvalue weighted by molar-refractivity contribution is -0.150. The molecule has 1 aliphatic carbocycles. The maximum absolute atomic E-state index is 11.4. The van der Waals surface area contributed by atoms with Crippen molar-refractivity contribution in [1.29, 1.82) is 0 Å². The van der Waals surface area contributed by atoms with Gasteiger partial charge in [0.1, 0.15) is 6.04 Å². The molecule has 1 N–H and O–H groups in total. The molecule has 0 unspecified atom stereocenters. The van der Waals surface area contributed by atoms with Gasteiger partial charge in [0.05, 0.1) is 19.3 Å². The van der Waals surface area contributed by atoms with Gasteiger partial charge in [-0.25, -0.2) is 4.79 Å². The summed E-state index contributed by atoms with van der Waals surface area (Å²) in [6, 6.07) is -0.751. The maximum atomic E-state index is 11.4. The van der Waals surface area contributed by atoms with E-state index in [9.17, 15) is 14.7 Å². The Labute approximate surface area is 81.6 Å². The average molecular weight is 199 g/mol. The van der Waals surface area contributed by atoms with Crippen molar-refractivity contribution in [3.63, 3.8) is 0 Å². The van der Waals surface area contributed by atoms with E-state index in [2.05, 4.69) is 4.74 Å². The number of hydrogen-bond acceptors (Lipinski definition) is 4. The molecule has 5 heteroatoms. The minimum absolute atomic E-state index is 0.128. The Kier molecular flexibility index (Phi) is 1.99. The fourth-order valence-corrected chi connectivity index (χ4v) is 2.49. The number of fused-ring (bicyclic) bond motifs is 1. The number of rotatable bonds is 1. The second-order valence-corrected chi connectivity index (χ2v) is 3.85. The van der Waals surface area contributed by atoms with Crippen LogP contribution in [-0.4, -0.2) is 47.2 Å². The number of ether oxygens (including phenoxy) is 1. The Morgan fingerprint density at radius 1 is 1.50 bits per heavy atom. The van der Waals surface area contributed by atoms with E-state index in [1.54, 1.807) is 0 Å². The molecule has 1 saturated carbocycles. The van der Waals surface area contributed by atoms with Crippen LogP contribution in [0, 0.1) is 5.92 Å². The van der Waals surface area contributed by atoms with Crippen molar-refractivity contribution >= 4 is 11.9 Å². The number of methoxy groups -OCH3 is 1. The number of aliphatic hydroxyl groups is 1. The Balaban J connectivity index is 2.23. The minimum Gasteiger partial charge on any atom is -0.467 e. The molecule has 2 bridgehead atoms. The molecule has 4 atom stereocenters. The van der Waals surface area contributed by atoms with Crippen LogP contribution < -0.4 is 0 Å². The van der Waals surface area contributed by atoms with Gasteiger partial charge in [0.15, 0.2) is 0 Å². The molecule has 5 nitrogen and oxygen atoms in total. The molecule has 0 aromatic heterocycles. The average Bonchev–Trinajstić information content (AvgIpc) is 2.68. The van der Waals surface area contributed by atoms with Crippen LogP contribution in [0.1, 0.15) is 13.3 Å². The molecule has 1 amide bonds. The molecule has 3 aliphatic rings. The molecule has 3 rings (SSSR count). The van der Waals surface area contributed by atoms with E-state index in [-0.39, 0.29) is 17.9 Å². The molecular weight excluding hydrogens is 186 g/mol. The highest BCUT2D eigenvalue weighted by Gasteiger charge is 2.61. The Morgan fingerprint density at radius 3 is 2.57 bits per heavy atom. The first-order valence-electron chi connectivity index (χ1n) is 4.62. The zero-order valence-electron chi connectivity index (χ0n) is 8.14. The van der Waals surface area contributed by atoms with Gasteiger partial charge in [-0.2, -0.15) is 0 Å². The third-order valence-corrected chi connectivity index (χ3v) is 3.22. The molecule has 0 spiro atoms. The lowest BCUT2D eigenvalue weighted by atomic mass is 9.79. The number of aliphatic hydroxyl groups excluding tert-OH is 1. The number of amides is 1. The number of hydrogen-bond donors (Lipinski definition) is 1. The van der Waals surface area contributed by atoms with Gasteiger partial charge in [-0.05, 0) is 6.42 Å². The van der Waals surface area contributed by atoms with E-state index in [1.165, 1.54) is 18.9 Å². The van der Waals surface area contributed by atoms with Gasteiger partial charge in [-0.15, -0.1) is 0 Å². The Hall–Kier alpha value is -1.10. The highest BCUT2D eigenvalue weighted by Crippen LogP contribution is 2.46. The lowest BCUT2D eigenvalue weighted by Crippen LogP contribution is -2.44. The largest absolute Gasteiger partial charge is 0.467 e. The quantitative estimate of drug-likeness (QED) is 0.558. The molecule has 2 heterocycles. The number of esters is 1. The summed E-state index contributed by atoms with van der Waals surface area (Å²) in [5, 5.41) is 9.58. The van der Waals surface area contributed by atoms with Crippen LogP contribution in [-0.2, 0) is 14.3 Å². The maximum Gasteiger partial charge on any atom is 0.328 e. The number of nitrogens with zero attached hydrogens (tertiary/aromatic N) is 1.